The number of rotatable bonds is 3. The van der Waals surface area contributed by atoms with Crippen molar-refractivity contribution in [3.8, 4) is 5.75 Å². The second-order valence-corrected chi connectivity index (χ2v) is 12.4. The number of Topliss-reactive ketones (excluding diaryl/α,β-unsaturated/α-hetero) is 1. The molecule has 2 N–H and O–H groups in total. The average molecular weight is 580 g/mol. The van der Waals surface area contributed by atoms with Crippen LogP contribution >= 0.6 is 0 Å². The van der Waals surface area contributed by atoms with E-state index in [4.69, 9.17) is 0 Å². The highest BCUT2D eigenvalue weighted by Crippen LogP contribution is 2.63. The van der Waals surface area contributed by atoms with Crippen LogP contribution < -0.4 is 5.32 Å². The van der Waals surface area contributed by atoms with Gasteiger partial charge in [-0.2, -0.15) is 0 Å². The van der Waals surface area contributed by atoms with Crippen LogP contribution in [0.25, 0.3) is 16.3 Å². The number of ketones is 2. The van der Waals surface area contributed by atoms with E-state index in [0.717, 1.165) is 22.1 Å². The van der Waals surface area contributed by atoms with Gasteiger partial charge in [0.25, 0.3) is 0 Å². The van der Waals surface area contributed by atoms with Crippen molar-refractivity contribution in [3.05, 3.63) is 131 Å². The van der Waals surface area contributed by atoms with Crippen molar-refractivity contribution < 1.29 is 24.3 Å². The van der Waals surface area contributed by atoms with Gasteiger partial charge in [-0.05, 0) is 53.0 Å². The second kappa shape index (κ2) is 9.71. The summed E-state index contributed by atoms with van der Waals surface area (Å²) in [6, 6.07) is 29.8. The Morgan fingerprint density at radius 1 is 0.727 bits per heavy atom. The molecule has 3 aliphatic carbocycles. The monoisotopic (exact) mass is 579 g/mol. The molecule has 6 nitrogen and oxygen atoms in total. The molecule has 6 atom stereocenters. The second-order valence-electron chi connectivity index (χ2n) is 12.4. The first-order chi connectivity index (χ1) is 21.4. The maximum Gasteiger partial charge on any atom is 0.231 e. The Morgan fingerprint density at radius 3 is 2.16 bits per heavy atom. The average Bonchev–Trinajstić information content (AvgIpc) is 3.36. The van der Waals surface area contributed by atoms with Crippen molar-refractivity contribution in [3.63, 3.8) is 0 Å². The number of imide groups is 1. The van der Waals surface area contributed by atoms with Gasteiger partial charge in [0.1, 0.15) is 5.75 Å². The number of phenols is 1. The van der Waals surface area contributed by atoms with Gasteiger partial charge < -0.3 is 5.11 Å². The van der Waals surface area contributed by atoms with Gasteiger partial charge in [-0.15, -0.1) is 0 Å². The molecule has 1 heterocycles. The van der Waals surface area contributed by atoms with Crippen molar-refractivity contribution >= 4 is 39.7 Å². The third-order valence-corrected chi connectivity index (χ3v) is 10.5. The molecule has 1 saturated carbocycles. The van der Waals surface area contributed by atoms with E-state index in [1.54, 1.807) is 6.07 Å². The SMILES string of the molecule is O=C1NC(=O)C2C1CC=C1C2CC2C(=O)C(c3ccccc3)=CC(=O)C2(c2ccccc2)C1c1ccc(O)c2ccccc12. The minimum absolute atomic E-state index is 0.123. The summed E-state index contributed by atoms with van der Waals surface area (Å²) in [6.45, 7) is 0. The quantitative estimate of drug-likeness (QED) is 0.241. The summed E-state index contributed by atoms with van der Waals surface area (Å²) in [5.41, 5.74) is 2.20. The van der Waals surface area contributed by atoms with Crippen LogP contribution in [0, 0.1) is 23.7 Å². The first-order valence-corrected chi connectivity index (χ1v) is 15.1. The molecule has 1 saturated heterocycles. The normalized spacial score (nSPS) is 29.3. The molecule has 6 heteroatoms. The third kappa shape index (κ3) is 3.54. The fourth-order valence-electron chi connectivity index (χ4n) is 8.69. The number of phenolic OH excluding ortho intramolecular Hbond substituents is 1. The Morgan fingerprint density at radius 2 is 1.41 bits per heavy atom. The van der Waals surface area contributed by atoms with E-state index in [0.29, 0.717) is 22.9 Å². The zero-order valence-corrected chi connectivity index (χ0v) is 23.8. The highest BCUT2D eigenvalue weighted by Gasteiger charge is 2.65. The lowest BCUT2D eigenvalue weighted by Crippen LogP contribution is -2.58. The molecular formula is C38H29NO5. The number of benzene rings is 4. The lowest BCUT2D eigenvalue weighted by atomic mass is 9.44. The lowest BCUT2D eigenvalue weighted by Gasteiger charge is -2.55. The number of hydrogen-bond donors (Lipinski definition) is 2. The third-order valence-electron chi connectivity index (χ3n) is 10.5. The molecule has 2 amide bonds. The zero-order chi connectivity index (χ0) is 30.2. The van der Waals surface area contributed by atoms with Gasteiger partial charge in [-0.1, -0.05) is 103 Å². The summed E-state index contributed by atoms with van der Waals surface area (Å²) < 4.78 is 0. The first kappa shape index (κ1) is 26.5. The van der Waals surface area contributed by atoms with Gasteiger partial charge >= 0.3 is 0 Å². The van der Waals surface area contributed by atoms with E-state index in [1.807, 2.05) is 97.1 Å². The molecule has 0 radical (unpaired) electrons. The molecular weight excluding hydrogens is 550 g/mol. The molecule has 1 aliphatic heterocycles. The highest BCUT2D eigenvalue weighted by molar-refractivity contribution is 6.31. The smallest absolute Gasteiger partial charge is 0.231 e. The van der Waals surface area contributed by atoms with E-state index < -0.39 is 35.0 Å². The van der Waals surface area contributed by atoms with Crippen LogP contribution in [-0.4, -0.2) is 28.5 Å². The fourth-order valence-corrected chi connectivity index (χ4v) is 8.69. The van der Waals surface area contributed by atoms with Crippen molar-refractivity contribution in [2.45, 2.75) is 24.2 Å². The predicted octanol–water partition coefficient (Wildman–Crippen LogP) is 5.66. The van der Waals surface area contributed by atoms with Gasteiger partial charge in [0, 0.05) is 22.8 Å². The molecule has 8 rings (SSSR count). The van der Waals surface area contributed by atoms with E-state index in [1.165, 1.54) is 6.08 Å². The fraction of sp³-hybridized carbons (Fsp3) is 0.211. The molecule has 4 aliphatic rings. The molecule has 44 heavy (non-hydrogen) atoms. The van der Waals surface area contributed by atoms with Gasteiger partial charge in [-0.3, -0.25) is 24.5 Å². The Balaban J connectivity index is 1.47. The van der Waals surface area contributed by atoms with Crippen LogP contribution in [0.1, 0.15) is 35.4 Å². The number of carbonyl (C=O) groups excluding carboxylic acids is 4. The summed E-state index contributed by atoms with van der Waals surface area (Å²) in [7, 11) is 0. The number of nitrogens with one attached hydrogen (secondary N) is 1. The molecule has 4 aromatic rings. The largest absolute Gasteiger partial charge is 0.507 e. The number of aromatic hydroxyl groups is 1. The van der Waals surface area contributed by atoms with Gasteiger partial charge in [0.2, 0.25) is 11.8 Å². The summed E-state index contributed by atoms with van der Waals surface area (Å²) in [6.07, 6.45) is 4.22. The van der Waals surface area contributed by atoms with Crippen LogP contribution in [0.5, 0.6) is 5.75 Å². The van der Waals surface area contributed by atoms with Crippen LogP contribution in [0.15, 0.2) is 115 Å². The van der Waals surface area contributed by atoms with E-state index in [9.17, 15) is 19.5 Å². The molecule has 4 aromatic carbocycles. The maximum atomic E-state index is 15.0. The number of amides is 2. The standard InChI is InChI=1S/C38H29NO5/c40-31-18-17-25(23-13-7-8-14-24(23)31)34-26-15-16-27-33(37(44)39-36(27)43)29(26)19-30-35(42)28(21-9-3-1-4-10-21)20-32(41)38(30,34)22-11-5-2-6-12-22/h1-15,17-18,20,27,29-30,33-34,40H,16,19H2,(H,39,43,44). The number of allylic oxidation sites excluding steroid dienone is 4. The molecule has 2 fully saturated rings. The van der Waals surface area contributed by atoms with E-state index in [2.05, 4.69) is 5.32 Å². The Kier molecular flexibility index (Phi) is 5.85. The molecule has 0 bridgehead atoms. The maximum absolute atomic E-state index is 15.0. The van der Waals surface area contributed by atoms with Crippen LogP contribution in [0.3, 0.4) is 0 Å². The number of carbonyl (C=O) groups is 4. The summed E-state index contributed by atoms with van der Waals surface area (Å²) >= 11 is 0. The zero-order valence-electron chi connectivity index (χ0n) is 23.8. The van der Waals surface area contributed by atoms with Gasteiger partial charge in [0.05, 0.1) is 17.3 Å². The first-order valence-electron chi connectivity index (χ1n) is 15.1. The number of fused-ring (bicyclic) bond motifs is 5. The lowest BCUT2D eigenvalue weighted by molar-refractivity contribution is -0.135. The summed E-state index contributed by atoms with van der Waals surface area (Å²) in [5.74, 6) is -3.71. The molecule has 0 spiro atoms. The van der Waals surface area contributed by atoms with Crippen LogP contribution in [0.4, 0.5) is 0 Å². The summed E-state index contributed by atoms with van der Waals surface area (Å²) in [4.78, 5) is 56.1. The van der Waals surface area contributed by atoms with E-state index >= 15 is 4.79 Å². The Hall–Kier alpha value is -5.10. The minimum Gasteiger partial charge on any atom is -0.507 e. The number of hydrogen-bond acceptors (Lipinski definition) is 5. The minimum atomic E-state index is -1.30. The van der Waals surface area contributed by atoms with Gasteiger partial charge in [-0.25, -0.2) is 0 Å². The highest BCUT2D eigenvalue weighted by atomic mass is 16.3. The Bertz CT molecular complexity index is 1960. The Labute approximate surface area is 254 Å². The molecule has 6 unspecified atom stereocenters. The van der Waals surface area contributed by atoms with Crippen molar-refractivity contribution in [1.29, 1.82) is 0 Å². The topological polar surface area (TPSA) is 101 Å². The van der Waals surface area contributed by atoms with Gasteiger partial charge in [0.15, 0.2) is 11.6 Å². The predicted molar refractivity (Wildman–Crippen MR) is 165 cm³/mol. The summed E-state index contributed by atoms with van der Waals surface area (Å²) in [5, 5.41) is 14.8. The van der Waals surface area contributed by atoms with Crippen molar-refractivity contribution in [2.24, 2.45) is 23.7 Å². The van der Waals surface area contributed by atoms with Crippen LogP contribution in [-0.2, 0) is 24.6 Å². The van der Waals surface area contributed by atoms with Crippen molar-refractivity contribution in [1.82, 2.24) is 5.32 Å². The van der Waals surface area contributed by atoms with Crippen molar-refractivity contribution in [2.75, 3.05) is 0 Å². The van der Waals surface area contributed by atoms with E-state index in [-0.39, 0.29) is 35.6 Å². The molecule has 216 valence electrons. The van der Waals surface area contributed by atoms with Crippen LogP contribution in [0.2, 0.25) is 0 Å². The molecule has 0 aromatic heterocycles.